The van der Waals surface area contributed by atoms with Crippen LogP contribution < -0.4 is 16.4 Å². The number of alkyl carbamates (subject to hydrolysis) is 1. The van der Waals surface area contributed by atoms with E-state index in [0.29, 0.717) is 20.2 Å². The van der Waals surface area contributed by atoms with Crippen LogP contribution in [0.2, 0.25) is 0 Å². The number of ketones is 1. The van der Waals surface area contributed by atoms with Gasteiger partial charge in [-0.05, 0) is 70.3 Å². The van der Waals surface area contributed by atoms with Crippen LogP contribution in [0.1, 0.15) is 36.7 Å². The average Bonchev–Trinajstić information content (AvgIpc) is 2.68. The molecular formula is C22H25Br2N3O4. The molecule has 4 N–H and O–H groups in total. The number of carbonyl (C=O) groups excluding carboxylic acids is 3. The molecule has 0 aromatic heterocycles. The van der Waals surface area contributed by atoms with E-state index in [1.807, 2.05) is 0 Å². The maximum Gasteiger partial charge on any atom is 0.408 e. The number of anilines is 1. The predicted molar refractivity (Wildman–Crippen MR) is 127 cm³/mol. The zero-order chi connectivity index (χ0) is 23.2. The van der Waals surface area contributed by atoms with Gasteiger partial charge in [-0.25, -0.2) is 4.79 Å². The summed E-state index contributed by atoms with van der Waals surface area (Å²) >= 11 is 6.76. The van der Waals surface area contributed by atoms with Crippen LogP contribution in [0.5, 0.6) is 0 Å². The lowest BCUT2D eigenvalue weighted by Crippen LogP contribution is -2.50. The van der Waals surface area contributed by atoms with Crippen LogP contribution in [0.3, 0.4) is 0 Å². The van der Waals surface area contributed by atoms with Gasteiger partial charge in [0.2, 0.25) is 5.91 Å². The molecule has 0 heterocycles. The number of benzene rings is 2. The average molecular weight is 555 g/mol. The Morgan fingerprint density at radius 1 is 1.06 bits per heavy atom. The quantitative estimate of drug-likeness (QED) is 0.350. The third-order valence-corrected chi connectivity index (χ3v) is 5.42. The second-order valence-electron chi connectivity index (χ2n) is 7.88. The smallest absolute Gasteiger partial charge is 0.408 e. The molecule has 0 fully saturated rings. The van der Waals surface area contributed by atoms with E-state index in [1.165, 1.54) is 0 Å². The fourth-order valence-electron chi connectivity index (χ4n) is 2.67. The Kier molecular flexibility index (Phi) is 8.64. The van der Waals surface area contributed by atoms with Gasteiger partial charge in [0.1, 0.15) is 11.6 Å². The number of Topliss-reactive ketones (excluding diaryl/α,β-unsaturated/α-hetero) is 1. The molecule has 166 valence electrons. The molecule has 0 saturated carbocycles. The molecule has 1 atom stereocenters. The number of hydrogen-bond donors (Lipinski definition) is 3. The number of rotatable bonds is 7. The monoisotopic (exact) mass is 553 g/mol. The Hall–Kier alpha value is -2.39. The van der Waals surface area contributed by atoms with Crippen molar-refractivity contribution in [2.75, 3.05) is 12.3 Å². The topological polar surface area (TPSA) is 111 Å². The molecule has 0 spiro atoms. The number of nitrogens with two attached hydrogens (primary N) is 1. The molecule has 0 aliphatic carbocycles. The Morgan fingerprint density at radius 2 is 1.65 bits per heavy atom. The van der Waals surface area contributed by atoms with Crippen LogP contribution in [-0.2, 0) is 16.0 Å². The third-order valence-electron chi connectivity index (χ3n) is 4.11. The second kappa shape index (κ2) is 10.8. The van der Waals surface area contributed by atoms with Crippen molar-refractivity contribution in [2.45, 2.75) is 38.8 Å². The second-order valence-corrected chi connectivity index (χ2v) is 9.59. The molecule has 2 aromatic rings. The summed E-state index contributed by atoms with van der Waals surface area (Å²) in [6, 6.07) is 11.2. The van der Waals surface area contributed by atoms with Crippen molar-refractivity contribution in [3.05, 3.63) is 62.5 Å². The summed E-state index contributed by atoms with van der Waals surface area (Å²) in [6.07, 6.45) is -0.558. The molecule has 7 nitrogen and oxygen atoms in total. The summed E-state index contributed by atoms with van der Waals surface area (Å²) in [4.78, 5) is 37.4. The van der Waals surface area contributed by atoms with Gasteiger partial charge in [-0.2, -0.15) is 0 Å². The van der Waals surface area contributed by atoms with E-state index in [0.717, 1.165) is 5.56 Å². The standard InChI is InChI=1S/C22H25Br2N3O4/c1-22(2,3)31-21(30)27-17(11-13-9-15(23)19(25)16(24)10-13)20(29)26-12-18(28)14-7-5-4-6-8-14/h4-10,17H,11-12,25H2,1-3H3,(H,26,29)(H,27,30)/t17-/m1/s1. The first-order chi connectivity index (χ1) is 14.5. The summed E-state index contributed by atoms with van der Waals surface area (Å²) in [7, 11) is 0. The SMILES string of the molecule is CC(C)(C)OC(=O)N[C@H](Cc1cc(Br)c(N)c(Br)c1)C(=O)NCC(=O)c1ccccc1. The normalized spacial score (nSPS) is 12.0. The first-order valence-electron chi connectivity index (χ1n) is 9.55. The summed E-state index contributed by atoms with van der Waals surface area (Å²) in [6.45, 7) is 5.00. The van der Waals surface area contributed by atoms with E-state index < -0.39 is 23.6 Å². The molecule has 31 heavy (non-hydrogen) atoms. The van der Waals surface area contributed by atoms with Gasteiger partial charge >= 0.3 is 6.09 Å². The van der Waals surface area contributed by atoms with Crippen molar-refractivity contribution < 1.29 is 19.1 Å². The minimum atomic E-state index is -0.958. The maximum absolute atomic E-state index is 12.8. The number of nitrogen functional groups attached to an aromatic ring is 1. The van der Waals surface area contributed by atoms with Gasteiger partial charge in [0.15, 0.2) is 5.78 Å². The zero-order valence-corrected chi connectivity index (χ0v) is 20.7. The first kappa shape index (κ1) is 24.9. The Balaban J connectivity index is 2.15. The minimum absolute atomic E-state index is 0.169. The maximum atomic E-state index is 12.8. The highest BCUT2D eigenvalue weighted by Crippen LogP contribution is 2.30. The molecule has 0 saturated heterocycles. The number of amides is 2. The summed E-state index contributed by atoms with van der Waals surface area (Å²) in [5, 5.41) is 5.20. The Labute approximate surface area is 198 Å². The molecular weight excluding hydrogens is 530 g/mol. The van der Waals surface area contributed by atoms with E-state index in [-0.39, 0.29) is 18.7 Å². The Bertz CT molecular complexity index is 936. The van der Waals surface area contributed by atoms with E-state index in [4.69, 9.17) is 10.5 Å². The number of hydrogen-bond acceptors (Lipinski definition) is 5. The molecule has 9 heteroatoms. The number of ether oxygens (including phenoxy) is 1. The molecule has 2 amide bonds. The Morgan fingerprint density at radius 3 is 2.19 bits per heavy atom. The van der Waals surface area contributed by atoms with Crippen LogP contribution >= 0.6 is 31.9 Å². The predicted octanol–water partition coefficient (Wildman–Crippen LogP) is 4.23. The number of halogens is 2. The summed E-state index contributed by atoms with van der Waals surface area (Å²) in [5.74, 6) is -0.734. The lowest BCUT2D eigenvalue weighted by molar-refractivity contribution is -0.123. The molecule has 2 aromatic carbocycles. The van der Waals surface area contributed by atoms with Crippen molar-refractivity contribution in [3.8, 4) is 0 Å². The summed E-state index contributed by atoms with van der Waals surface area (Å²) in [5.41, 5.74) is 6.97. The van der Waals surface area contributed by atoms with E-state index >= 15 is 0 Å². The van der Waals surface area contributed by atoms with Gasteiger partial charge in [0.25, 0.3) is 0 Å². The third kappa shape index (κ3) is 7.99. The molecule has 2 rings (SSSR count). The largest absolute Gasteiger partial charge is 0.444 e. The molecule has 0 unspecified atom stereocenters. The van der Waals surface area contributed by atoms with Gasteiger partial charge < -0.3 is 21.1 Å². The molecule has 0 aliphatic rings. The van der Waals surface area contributed by atoms with Crippen molar-refractivity contribution in [1.82, 2.24) is 10.6 Å². The van der Waals surface area contributed by atoms with Crippen molar-refractivity contribution in [3.63, 3.8) is 0 Å². The van der Waals surface area contributed by atoms with Crippen LogP contribution in [0.25, 0.3) is 0 Å². The van der Waals surface area contributed by atoms with E-state index in [1.54, 1.807) is 63.2 Å². The molecule has 0 aliphatic heterocycles. The zero-order valence-electron chi connectivity index (χ0n) is 17.5. The highest BCUT2D eigenvalue weighted by atomic mass is 79.9. The van der Waals surface area contributed by atoms with Gasteiger partial charge in [0.05, 0.1) is 12.2 Å². The lowest BCUT2D eigenvalue weighted by Gasteiger charge is -2.23. The van der Waals surface area contributed by atoms with Gasteiger partial charge in [-0.3, -0.25) is 9.59 Å². The van der Waals surface area contributed by atoms with Crippen molar-refractivity contribution >= 4 is 55.3 Å². The lowest BCUT2D eigenvalue weighted by atomic mass is 10.0. The van der Waals surface area contributed by atoms with Gasteiger partial charge in [0, 0.05) is 20.9 Å². The number of nitrogens with one attached hydrogen (secondary N) is 2. The van der Waals surface area contributed by atoms with Crippen molar-refractivity contribution in [1.29, 1.82) is 0 Å². The van der Waals surface area contributed by atoms with Crippen LogP contribution in [0.4, 0.5) is 10.5 Å². The van der Waals surface area contributed by atoms with Gasteiger partial charge in [-0.1, -0.05) is 30.3 Å². The first-order valence-corrected chi connectivity index (χ1v) is 11.1. The minimum Gasteiger partial charge on any atom is -0.444 e. The highest BCUT2D eigenvalue weighted by molar-refractivity contribution is 9.11. The highest BCUT2D eigenvalue weighted by Gasteiger charge is 2.25. The molecule has 0 bridgehead atoms. The fourth-order valence-corrected chi connectivity index (χ4v) is 3.95. The van der Waals surface area contributed by atoms with E-state index in [2.05, 4.69) is 42.5 Å². The molecule has 0 radical (unpaired) electrons. The van der Waals surface area contributed by atoms with Crippen molar-refractivity contribution in [2.24, 2.45) is 0 Å². The van der Waals surface area contributed by atoms with Crippen LogP contribution in [0, 0.1) is 0 Å². The van der Waals surface area contributed by atoms with Crippen LogP contribution in [0.15, 0.2) is 51.4 Å². The number of carbonyl (C=O) groups is 3. The van der Waals surface area contributed by atoms with E-state index in [9.17, 15) is 14.4 Å². The van der Waals surface area contributed by atoms with Gasteiger partial charge in [-0.15, -0.1) is 0 Å². The summed E-state index contributed by atoms with van der Waals surface area (Å²) < 4.78 is 6.60. The van der Waals surface area contributed by atoms with Crippen LogP contribution in [-0.4, -0.2) is 36.0 Å². The fraction of sp³-hybridized carbons (Fsp3) is 0.318.